The van der Waals surface area contributed by atoms with Crippen molar-refractivity contribution in [2.45, 2.75) is 38.8 Å². The van der Waals surface area contributed by atoms with Crippen LogP contribution in [0.3, 0.4) is 0 Å². The zero-order chi connectivity index (χ0) is 20.2. The van der Waals surface area contributed by atoms with Gasteiger partial charge in [0, 0.05) is 35.8 Å². The van der Waals surface area contributed by atoms with E-state index in [0.717, 1.165) is 29.5 Å². The van der Waals surface area contributed by atoms with E-state index in [1.54, 1.807) is 18.6 Å². The van der Waals surface area contributed by atoms with Gasteiger partial charge in [-0.05, 0) is 44.4 Å². The van der Waals surface area contributed by atoms with Gasteiger partial charge in [-0.2, -0.15) is 0 Å². The lowest BCUT2D eigenvalue weighted by Crippen LogP contribution is -2.49. The summed E-state index contributed by atoms with van der Waals surface area (Å²) in [5, 5.41) is 0. The minimum atomic E-state index is -0.0641. The Balaban J connectivity index is 1.57. The number of likely N-dealkylation sites (tertiary alicyclic amines) is 1. The maximum Gasteiger partial charge on any atom is 0.254 e. The van der Waals surface area contributed by atoms with E-state index >= 15 is 0 Å². The SMILES string of the molecule is Cc1cccnc1O[C@@H]1CC[C@@H](C)N(C(=O)c2ccncc2-c2ccccc2)C1. The summed E-state index contributed by atoms with van der Waals surface area (Å²) in [5.74, 6) is 0.665. The lowest BCUT2D eigenvalue weighted by Gasteiger charge is -2.38. The maximum absolute atomic E-state index is 13.5. The van der Waals surface area contributed by atoms with E-state index in [-0.39, 0.29) is 18.1 Å². The van der Waals surface area contributed by atoms with Crippen LogP contribution in [0, 0.1) is 6.92 Å². The fraction of sp³-hybridized carbons (Fsp3) is 0.292. The first-order valence-corrected chi connectivity index (χ1v) is 10.0. The van der Waals surface area contributed by atoms with E-state index in [4.69, 9.17) is 4.74 Å². The second kappa shape index (κ2) is 8.43. The zero-order valence-corrected chi connectivity index (χ0v) is 16.8. The fourth-order valence-corrected chi connectivity index (χ4v) is 3.79. The van der Waals surface area contributed by atoms with Crippen LogP contribution in [-0.4, -0.2) is 39.5 Å². The largest absolute Gasteiger partial charge is 0.472 e. The molecule has 29 heavy (non-hydrogen) atoms. The van der Waals surface area contributed by atoms with Gasteiger partial charge in [-0.1, -0.05) is 36.4 Å². The van der Waals surface area contributed by atoms with E-state index in [2.05, 4.69) is 16.9 Å². The molecule has 148 valence electrons. The molecule has 2 aromatic heterocycles. The van der Waals surface area contributed by atoms with Gasteiger partial charge in [-0.25, -0.2) is 4.98 Å². The number of rotatable bonds is 4. The van der Waals surface area contributed by atoms with Crippen molar-refractivity contribution in [1.82, 2.24) is 14.9 Å². The third kappa shape index (κ3) is 4.14. The third-order valence-electron chi connectivity index (χ3n) is 5.48. The van der Waals surface area contributed by atoms with Crippen molar-refractivity contribution < 1.29 is 9.53 Å². The van der Waals surface area contributed by atoms with Crippen LogP contribution in [0.2, 0.25) is 0 Å². The van der Waals surface area contributed by atoms with E-state index in [9.17, 15) is 4.79 Å². The molecule has 5 nitrogen and oxygen atoms in total. The third-order valence-corrected chi connectivity index (χ3v) is 5.48. The van der Waals surface area contributed by atoms with Crippen molar-refractivity contribution in [1.29, 1.82) is 0 Å². The fourth-order valence-electron chi connectivity index (χ4n) is 3.79. The predicted octanol–water partition coefficient (Wildman–Crippen LogP) is 4.52. The standard InChI is InChI=1S/C24H25N3O2/c1-17-7-6-13-26-23(17)29-20-11-10-18(2)27(16-20)24(28)21-12-14-25-15-22(21)19-8-4-3-5-9-19/h3-9,12-15,18,20H,10-11,16H2,1-2H3/t18-,20-/m1/s1. The summed E-state index contributed by atoms with van der Waals surface area (Å²) in [4.78, 5) is 24.0. The molecule has 1 amide bonds. The number of carbonyl (C=O) groups excluding carboxylic acids is 1. The predicted molar refractivity (Wildman–Crippen MR) is 113 cm³/mol. The normalized spacial score (nSPS) is 19.0. The van der Waals surface area contributed by atoms with E-state index < -0.39 is 0 Å². The summed E-state index contributed by atoms with van der Waals surface area (Å²) in [6.45, 7) is 4.63. The molecule has 0 bridgehead atoms. The number of amides is 1. The number of pyridine rings is 2. The summed E-state index contributed by atoms with van der Waals surface area (Å²) >= 11 is 0. The van der Waals surface area contributed by atoms with Crippen molar-refractivity contribution >= 4 is 5.91 Å². The van der Waals surface area contributed by atoms with Gasteiger partial charge in [0.05, 0.1) is 12.1 Å². The molecule has 3 heterocycles. The number of aryl methyl sites for hydroxylation is 1. The van der Waals surface area contributed by atoms with Gasteiger partial charge in [0.25, 0.3) is 5.91 Å². The first-order chi connectivity index (χ1) is 14.1. The van der Waals surface area contributed by atoms with Crippen molar-refractivity contribution in [2.24, 2.45) is 0 Å². The van der Waals surface area contributed by atoms with Crippen molar-refractivity contribution in [3.8, 4) is 17.0 Å². The summed E-state index contributed by atoms with van der Waals surface area (Å²) in [6.07, 6.45) is 6.92. The number of hydrogen-bond donors (Lipinski definition) is 0. The Morgan fingerprint density at radius 2 is 1.90 bits per heavy atom. The minimum absolute atomic E-state index is 0.0183. The molecule has 0 unspecified atom stereocenters. The van der Waals surface area contributed by atoms with E-state index in [1.165, 1.54) is 0 Å². The highest BCUT2D eigenvalue weighted by molar-refractivity contribution is 6.00. The van der Waals surface area contributed by atoms with Gasteiger partial charge in [0.15, 0.2) is 0 Å². The molecular formula is C24H25N3O2. The van der Waals surface area contributed by atoms with Gasteiger partial charge >= 0.3 is 0 Å². The van der Waals surface area contributed by atoms with E-state index in [1.807, 2.05) is 60.4 Å². The second-order valence-electron chi connectivity index (χ2n) is 7.54. The van der Waals surface area contributed by atoms with Crippen LogP contribution in [0.1, 0.15) is 35.7 Å². The smallest absolute Gasteiger partial charge is 0.254 e. The van der Waals surface area contributed by atoms with Gasteiger partial charge in [0.1, 0.15) is 6.10 Å². The van der Waals surface area contributed by atoms with E-state index in [0.29, 0.717) is 18.0 Å². The Hall–Kier alpha value is -3.21. The lowest BCUT2D eigenvalue weighted by atomic mass is 9.97. The zero-order valence-electron chi connectivity index (χ0n) is 16.8. The molecule has 0 saturated carbocycles. The topological polar surface area (TPSA) is 55.3 Å². The van der Waals surface area contributed by atoms with Gasteiger partial charge in [-0.3, -0.25) is 9.78 Å². The lowest BCUT2D eigenvalue weighted by molar-refractivity contribution is 0.0371. The monoisotopic (exact) mass is 387 g/mol. The highest BCUT2D eigenvalue weighted by Crippen LogP contribution is 2.28. The molecular weight excluding hydrogens is 362 g/mol. The number of aromatic nitrogens is 2. The van der Waals surface area contributed by atoms with Crippen LogP contribution in [0.5, 0.6) is 5.88 Å². The van der Waals surface area contributed by atoms with Crippen molar-refractivity contribution in [2.75, 3.05) is 6.54 Å². The quantitative estimate of drug-likeness (QED) is 0.660. The average molecular weight is 387 g/mol. The van der Waals surface area contributed by atoms with Crippen LogP contribution >= 0.6 is 0 Å². The van der Waals surface area contributed by atoms with Gasteiger partial charge in [0.2, 0.25) is 5.88 Å². The Morgan fingerprint density at radius 3 is 2.69 bits per heavy atom. The number of ether oxygens (including phenoxy) is 1. The molecule has 0 radical (unpaired) electrons. The Bertz CT molecular complexity index is 990. The highest BCUT2D eigenvalue weighted by Gasteiger charge is 2.32. The Morgan fingerprint density at radius 1 is 1.07 bits per heavy atom. The number of benzene rings is 1. The number of nitrogens with zero attached hydrogens (tertiary/aromatic N) is 3. The van der Waals surface area contributed by atoms with Gasteiger partial charge in [-0.15, -0.1) is 0 Å². The van der Waals surface area contributed by atoms with Crippen LogP contribution in [0.25, 0.3) is 11.1 Å². The van der Waals surface area contributed by atoms with Crippen molar-refractivity contribution in [3.05, 3.63) is 78.2 Å². The first-order valence-electron chi connectivity index (χ1n) is 10.0. The van der Waals surface area contributed by atoms with Crippen LogP contribution in [0.4, 0.5) is 0 Å². The summed E-state index contributed by atoms with van der Waals surface area (Å²) in [6, 6.07) is 15.8. The number of hydrogen-bond acceptors (Lipinski definition) is 4. The molecule has 0 aliphatic carbocycles. The van der Waals surface area contributed by atoms with Crippen LogP contribution < -0.4 is 4.74 Å². The summed E-state index contributed by atoms with van der Waals surface area (Å²) in [5.41, 5.74) is 3.52. The van der Waals surface area contributed by atoms with Crippen LogP contribution in [-0.2, 0) is 0 Å². The molecule has 5 heteroatoms. The molecule has 0 N–H and O–H groups in total. The van der Waals surface area contributed by atoms with Crippen LogP contribution in [0.15, 0.2) is 67.1 Å². The maximum atomic E-state index is 13.5. The highest BCUT2D eigenvalue weighted by atomic mass is 16.5. The molecule has 0 spiro atoms. The van der Waals surface area contributed by atoms with Crippen molar-refractivity contribution in [3.63, 3.8) is 0 Å². The molecule has 1 aliphatic rings. The molecule has 1 aromatic carbocycles. The average Bonchev–Trinajstić information content (AvgIpc) is 2.77. The summed E-state index contributed by atoms with van der Waals surface area (Å²) in [7, 11) is 0. The molecule has 3 aromatic rings. The molecule has 4 rings (SSSR count). The Labute approximate surface area is 171 Å². The first kappa shape index (κ1) is 19.1. The number of carbonyl (C=O) groups is 1. The molecule has 2 atom stereocenters. The molecule has 1 aliphatic heterocycles. The molecule has 1 fully saturated rings. The number of piperidine rings is 1. The minimum Gasteiger partial charge on any atom is -0.472 e. The summed E-state index contributed by atoms with van der Waals surface area (Å²) < 4.78 is 6.15. The Kier molecular flexibility index (Phi) is 5.56. The molecule has 1 saturated heterocycles. The van der Waals surface area contributed by atoms with Gasteiger partial charge < -0.3 is 9.64 Å². The second-order valence-corrected chi connectivity index (χ2v) is 7.54.